The van der Waals surface area contributed by atoms with Crippen LogP contribution in [0.3, 0.4) is 0 Å². The van der Waals surface area contributed by atoms with Crippen molar-refractivity contribution in [1.82, 2.24) is 15.3 Å². The van der Waals surface area contributed by atoms with Crippen LogP contribution >= 0.6 is 24.8 Å². The molecule has 1 aliphatic carbocycles. The molecule has 0 unspecified atom stereocenters. The van der Waals surface area contributed by atoms with Crippen molar-refractivity contribution in [3.8, 4) is 0 Å². The number of hydrogen-bond acceptors (Lipinski definition) is 2. The van der Waals surface area contributed by atoms with Crippen molar-refractivity contribution in [2.45, 2.75) is 30.7 Å². The summed E-state index contributed by atoms with van der Waals surface area (Å²) in [5.41, 5.74) is 0.525. The predicted octanol–water partition coefficient (Wildman–Crippen LogP) is 1.86. The lowest BCUT2D eigenvalue weighted by atomic mass is 9.63. The van der Waals surface area contributed by atoms with Crippen LogP contribution in [0.4, 0.5) is 0 Å². The lowest BCUT2D eigenvalue weighted by Crippen LogP contribution is -2.63. The Labute approximate surface area is 95.9 Å². The molecule has 1 aromatic heterocycles. The van der Waals surface area contributed by atoms with Crippen molar-refractivity contribution in [1.29, 1.82) is 0 Å². The quantitative estimate of drug-likeness (QED) is 0.781. The molecular weight excluding hydrogens is 221 g/mol. The summed E-state index contributed by atoms with van der Waals surface area (Å²) < 4.78 is 0. The smallest absolute Gasteiger partial charge is 0.109 e. The molecule has 5 heteroatoms. The Bertz CT molecular complexity index is 274. The third-order valence-corrected chi connectivity index (χ3v) is 3.28. The van der Waals surface area contributed by atoms with Gasteiger partial charge in [-0.15, -0.1) is 24.8 Å². The maximum Gasteiger partial charge on any atom is 0.109 e. The van der Waals surface area contributed by atoms with Crippen LogP contribution in [-0.4, -0.2) is 22.1 Å². The Morgan fingerprint density at radius 2 is 2.07 bits per heavy atom. The van der Waals surface area contributed by atoms with Gasteiger partial charge in [-0.25, -0.2) is 4.98 Å². The molecule has 0 bridgehead atoms. The highest BCUT2D eigenvalue weighted by Gasteiger charge is 2.49. The summed E-state index contributed by atoms with van der Waals surface area (Å²) in [6.45, 7) is 1.21. The van der Waals surface area contributed by atoms with Crippen LogP contribution in [0.15, 0.2) is 12.4 Å². The van der Waals surface area contributed by atoms with Gasteiger partial charge in [0, 0.05) is 23.9 Å². The first-order valence-electron chi connectivity index (χ1n) is 4.62. The van der Waals surface area contributed by atoms with Crippen molar-refractivity contribution >= 4 is 24.8 Å². The number of hydrogen-bond donors (Lipinski definition) is 2. The van der Waals surface area contributed by atoms with Crippen molar-refractivity contribution in [2.24, 2.45) is 0 Å². The summed E-state index contributed by atoms with van der Waals surface area (Å²) in [5, 5.41) is 3.51. The predicted molar refractivity (Wildman–Crippen MR) is 60.4 cm³/mol. The molecule has 2 N–H and O–H groups in total. The van der Waals surface area contributed by atoms with Crippen LogP contribution in [-0.2, 0) is 0 Å². The van der Waals surface area contributed by atoms with Crippen LogP contribution in [0.5, 0.6) is 0 Å². The van der Waals surface area contributed by atoms with E-state index >= 15 is 0 Å². The van der Waals surface area contributed by atoms with Gasteiger partial charge in [-0.1, -0.05) is 0 Å². The number of aromatic nitrogens is 2. The number of rotatable bonds is 1. The topological polar surface area (TPSA) is 40.7 Å². The molecule has 0 atom stereocenters. The van der Waals surface area contributed by atoms with E-state index in [9.17, 15) is 0 Å². The molecule has 0 amide bonds. The van der Waals surface area contributed by atoms with Crippen LogP contribution in [0.2, 0.25) is 0 Å². The van der Waals surface area contributed by atoms with Gasteiger partial charge in [0.25, 0.3) is 0 Å². The molecule has 3 rings (SSSR count). The molecule has 2 aliphatic rings. The minimum Gasteiger partial charge on any atom is -0.348 e. The summed E-state index contributed by atoms with van der Waals surface area (Å²) in [6, 6.07) is 0. The number of H-pyrrole nitrogens is 1. The third-order valence-electron chi connectivity index (χ3n) is 3.28. The number of aromatic amines is 1. The lowest BCUT2D eigenvalue weighted by Gasteiger charge is -2.54. The minimum atomic E-state index is 0. The van der Waals surface area contributed by atoms with Crippen molar-refractivity contribution < 1.29 is 0 Å². The first kappa shape index (κ1) is 11.8. The molecule has 1 saturated carbocycles. The third kappa shape index (κ3) is 1.64. The monoisotopic (exact) mass is 235 g/mol. The van der Waals surface area contributed by atoms with E-state index in [1.165, 1.54) is 31.6 Å². The number of nitrogens with zero attached hydrogens (tertiary/aromatic N) is 1. The molecule has 14 heavy (non-hydrogen) atoms. The van der Waals surface area contributed by atoms with Crippen LogP contribution in [0.25, 0.3) is 0 Å². The van der Waals surface area contributed by atoms with Crippen molar-refractivity contribution in [2.75, 3.05) is 6.54 Å². The molecule has 0 radical (unpaired) electrons. The zero-order valence-corrected chi connectivity index (χ0v) is 9.46. The van der Waals surface area contributed by atoms with E-state index in [2.05, 4.69) is 15.3 Å². The van der Waals surface area contributed by atoms with Crippen LogP contribution in [0, 0.1) is 0 Å². The Balaban J connectivity index is 0.000000490. The number of imidazole rings is 1. The lowest BCUT2D eigenvalue weighted by molar-refractivity contribution is 0.0734. The molecule has 1 saturated heterocycles. The fraction of sp³-hybridized carbons (Fsp3) is 0.667. The zero-order chi connectivity index (χ0) is 8.02. The fourth-order valence-corrected chi connectivity index (χ4v) is 2.40. The molecular formula is C9H15Cl2N3. The van der Waals surface area contributed by atoms with Gasteiger partial charge in [0.05, 0.1) is 0 Å². The van der Waals surface area contributed by atoms with Gasteiger partial charge in [0.15, 0.2) is 0 Å². The van der Waals surface area contributed by atoms with E-state index in [0.29, 0.717) is 11.5 Å². The van der Waals surface area contributed by atoms with Gasteiger partial charge in [0.2, 0.25) is 0 Å². The second-order valence-corrected chi connectivity index (χ2v) is 4.04. The maximum atomic E-state index is 4.28. The largest absolute Gasteiger partial charge is 0.348 e. The molecule has 3 nitrogen and oxygen atoms in total. The summed E-state index contributed by atoms with van der Waals surface area (Å²) in [6.07, 6.45) is 7.67. The zero-order valence-electron chi connectivity index (χ0n) is 7.82. The van der Waals surface area contributed by atoms with E-state index in [1.54, 1.807) is 0 Å². The highest BCUT2D eigenvalue weighted by molar-refractivity contribution is 5.85. The Kier molecular flexibility index (Phi) is 3.45. The van der Waals surface area contributed by atoms with Crippen LogP contribution in [0.1, 0.15) is 31.0 Å². The second kappa shape index (κ2) is 4.09. The highest BCUT2D eigenvalue weighted by Crippen LogP contribution is 2.48. The SMILES string of the molecule is Cl.Cl.c1c[nH]c(C2CC3(CCN3)C2)n1. The van der Waals surface area contributed by atoms with Crippen LogP contribution < -0.4 is 5.32 Å². The molecule has 1 aliphatic heterocycles. The van der Waals surface area contributed by atoms with E-state index < -0.39 is 0 Å². The number of halogens is 2. The molecule has 80 valence electrons. The standard InChI is InChI=1S/C9H13N3.2ClH/c1-2-12-9(1)5-7(6-9)8-10-3-4-11-8;;/h3-4,7,12H,1-2,5-6H2,(H,10,11);2*1H. The van der Waals surface area contributed by atoms with E-state index in [1.807, 2.05) is 12.4 Å². The first-order valence-corrected chi connectivity index (χ1v) is 4.62. The van der Waals surface area contributed by atoms with Crippen molar-refractivity contribution in [3.05, 3.63) is 18.2 Å². The Morgan fingerprint density at radius 3 is 2.50 bits per heavy atom. The van der Waals surface area contributed by atoms with Gasteiger partial charge in [-0.05, 0) is 25.8 Å². The molecule has 1 spiro atoms. The molecule has 1 aromatic rings. The Hall–Kier alpha value is -0.250. The van der Waals surface area contributed by atoms with Gasteiger partial charge in [0.1, 0.15) is 5.82 Å². The summed E-state index contributed by atoms with van der Waals surface area (Å²) in [5.74, 6) is 1.86. The van der Waals surface area contributed by atoms with E-state index in [-0.39, 0.29) is 24.8 Å². The van der Waals surface area contributed by atoms with E-state index in [4.69, 9.17) is 0 Å². The summed E-state index contributed by atoms with van der Waals surface area (Å²) in [4.78, 5) is 7.47. The maximum absolute atomic E-state index is 4.28. The van der Waals surface area contributed by atoms with Gasteiger partial charge in [-0.3, -0.25) is 0 Å². The van der Waals surface area contributed by atoms with Crippen molar-refractivity contribution in [3.63, 3.8) is 0 Å². The van der Waals surface area contributed by atoms with Gasteiger partial charge in [-0.2, -0.15) is 0 Å². The van der Waals surface area contributed by atoms with Gasteiger partial charge >= 0.3 is 0 Å². The first-order chi connectivity index (χ1) is 5.88. The normalized spacial score (nSPS) is 33.6. The highest BCUT2D eigenvalue weighted by atomic mass is 35.5. The fourth-order valence-electron chi connectivity index (χ4n) is 2.40. The van der Waals surface area contributed by atoms with Gasteiger partial charge < -0.3 is 10.3 Å². The minimum absolute atomic E-state index is 0. The molecule has 2 heterocycles. The molecule has 2 fully saturated rings. The average molecular weight is 236 g/mol. The summed E-state index contributed by atoms with van der Waals surface area (Å²) >= 11 is 0. The van der Waals surface area contributed by atoms with E-state index in [0.717, 1.165) is 0 Å². The summed E-state index contributed by atoms with van der Waals surface area (Å²) in [7, 11) is 0. The number of nitrogens with one attached hydrogen (secondary N) is 2. The average Bonchev–Trinajstić information content (AvgIpc) is 2.32. The molecule has 0 aromatic carbocycles. The second-order valence-electron chi connectivity index (χ2n) is 4.04. The Morgan fingerprint density at radius 1 is 1.36 bits per heavy atom.